The van der Waals surface area contributed by atoms with Crippen molar-refractivity contribution in [3.05, 3.63) is 21.3 Å². The molecule has 0 bridgehead atoms. The number of nitrogens with one attached hydrogen (secondary N) is 1. The van der Waals surface area contributed by atoms with Crippen molar-refractivity contribution >= 4 is 22.9 Å². The Bertz CT molecular complexity index is 363. The Labute approximate surface area is 120 Å². The zero-order chi connectivity index (χ0) is 13.0. The molecule has 1 aliphatic rings. The van der Waals surface area contributed by atoms with Crippen molar-refractivity contribution < 1.29 is 0 Å². The van der Waals surface area contributed by atoms with Gasteiger partial charge >= 0.3 is 0 Å². The molecular formula is C15H24ClNS. The van der Waals surface area contributed by atoms with E-state index in [9.17, 15) is 0 Å². The van der Waals surface area contributed by atoms with Crippen LogP contribution in [0.5, 0.6) is 0 Å². The van der Waals surface area contributed by atoms with Crippen LogP contribution in [0.2, 0.25) is 4.34 Å². The third-order valence-electron chi connectivity index (χ3n) is 4.24. The summed E-state index contributed by atoms with van der Waals surface area (Å²) in [5, 5.41) is 3.70. The molecule has 18 heavy (non-hydrogen) atoms. The van der Waals surface area contributed by atoms with Crippen molar-refractivity contribution in [3.8, 4) is 0 Å². The smallest absolute Gasteiger partial charge is 0.0931 e. The molecular weight excluding hydrogens is 262 g/mol. The average Bonchev–Trinajstić information content (AvgIpc) is 2.82. The lowest BCUT2D eigenvalue weighted by atomic mass is 9.73. The first-order chi connectivity index (χ1) is 8.76. The fourth-order valence-electron chi connectivity index (χ4n) is 3.36. The van der Waals surface area contributed by atoms with Gasteiger partial charge in [-0.15, -0.1) is 11.3 Å². The summed E-state index contributed by atoms with van der Waals surface area (Å²) in [5.74, 6) is 1.67. The minimum absolute atomic E-state index is 0.512. The van der Waals surface area contributed by atoms with Crippen LogP contribution in [-0.2, 0) is 0 Å². The Morgan fingerprint density at radius 1 is 1.33 bits per heavy atom. The molecule has 1 aromatic heterocycles. The summed E-state index contributed by atoms with van der Waals surface area (Å²) < 4.78 is 0.914. The lowest BCUT2D eigenvalue weighted by Gasteiger charge is -2.37. The lowest BCUT2D eigenvalue weighted by molar-refractivity contribution is 0.178. The van der Waals surface area contributed by atoms with Crippen LogP contribution in [0, 0.1) is 11.8 Å². The molecule has 1 N–H and O–H groups in total. The van der Waals surface area contributed by atoms with Gasteiger partial charge in [0.25, 0.3) is 0 Å². The zero-order valence-electron chi connectivity index (χ0n) is 11.4. The quantitative estimate of drug-likeness (QED) is 0.777. The largest absolute Gasteiger partial charge is 0.309 e. The van der Waals surface area contributed by atoms with Crippen molar-refractivity contribution in [3.63, 3.8) is 0 Å². The Kier molecular flexibility index (Phi) is 5.53. The van der Waals surface area contributed by atoms with Gasteiger partial charge < -0.3 is 5.32 Å². The highest BCUT2D eigenvalue weighted by Crippen LogP contribution is 2.42. The third-order valence-corrected chi connectivity index (χ3v) is 5.56. The number of hydrogen-bond acceptors (Lipinski definition) is 2. The molecule has 0 radical (unpaired) electrons. The van der Waals surface area contributed by atoms with E-state index in [4.69, 9.17) is 11.6 Å². The first-order valence-electron chi connectivity index (χ1n) is 7.24. The van der Waals surface area contributed by atoms with Gasteiger partial charge in [-0.2, -0.15) is 0 Å². The van der Waals surface area contributed by atoms with E-state index in [1.54, 1.807) is 11.3 Å². The van der Waals surface area contributed by atoms with E-state index in [0.717, 1.165) is 22.7 Å². The summed E-state index contributed by atoms with van der Waals surface area (Å²) >= 11 is 7.85. The molecule has 1 aliphatic carbocycles. The molecule has 102 valence electrons. The van der Waals surface area contributed by atoms with Crippen LogP contribution in [0.25, 0.3) is 0 Å². The molecule has 0 aliphatic heterocycles. The predicted octanol–water partition coefficient (Wildman–Crippen LogP) is 5.27. The van der Waals surface area contributed by atoms with E-state index in [-0.39, 0.29) is 0 Å². The number of thiophene rings is 1. The first-order valence-corrected chi connectivity index (χ1v) is 8.44. The summed E-state index contributed by atoms with van der Waals surface area (Å²) in [6.07, 6.45) is 6.89. The Morgan fingerprint density at radius 2 is 2.11 bits per heavy atom. The van der Waals surface area contributed by atoms with Gasteiger partial charge in [-0.1, -0.05) is 51.1 Å². The molecule has 1 saturated carbocycles. The second-order valence-corrected chi connectivity index (χ2v) is 7.04. The van der Waals surface area contributed by atoms with Crippen LogP contribution in [0.3, 0.4) is 0 Å². The molecule has 0 saturated heterocycles. The van der Waals surface area contributed by atoms with Crippen LogP contribution < -0.4 is 5.32 Å². The maximum atomic E-state index is 6.10. The standard InChI is InChI=1S/C15H24ClNS/c1-3-11-7-5-6-8-12(11)15(17-4-2)13-9-10-14(16)18-13/h9-12,15,17H,3-8H2,1-2H3. The van der Waals surface area contributed by atoms with E-state index in [1.807, 2.05) is 6.07 Å². The van der Waals surface area contributed by atoms with Gasteiger partial charge in [0.2, 0.25) is 0 Å². The summed E-state index contributed by atoms with van der Waals surface area (Å²) in [4.78, 5) is 1.42. The fraction of sp³-hybridized carbons (Fsp3) is 0.733. The highest BCUT2D eigenvalue weighted by atomic mass is 35.5. The molecule has 3 unspecified atom stereocenters. The van der Waals surface area contributed by atoms with Crippen LogP contribution in [0.1, 0.15) is 56.9 Å². The summed E-state index contributed by atoms with van der Waals surface area (Å²) in [6, 6.07) is 4.76. The van der Waals surface area contributed by atoms with E-state index in [1.165, 1.54) is 37.0 Å². The minimum Gasteiger partial charge on any atom is -0.309 e. The second-order valence-electron chi connectivity index (χ2n) is 5.29. The van der Waals surface area contributed by atoms with Crippen LogP contribution in [0.15, 0.2) is 12.1 Å². The summed E-state index contributed by atoms with van der Waals surface area (Å²) in [6.45, 7) is 5.58. The van der Waals surface area contributed by atoms with Gasteiger partial charge in [-0.25, -0.2) is 0 Å². The van der Waals surface area contributed by atoms with Crippen LogP contribution in [0.4, 0.5) is 0 Å². The minimum atomic E-state index is 0.512. The number of rotatable bonds is 5. The van der Waals surface area contributed by atoms with E-state index < -0.39 is 0 Å². The molecule has 1 aromatic rings. The molecule has 1 fully saturated rings. The topological polar surface area (TPSA) is 12.0 Å². The summed E-state index contributed by atoms with van der Waals surface area (Å²) in [5.41, 5.74) is 0. The van der Waals surface area contributed by atoms with Crippen molar-refractivity contribution in [2.24, 2.45) is 11.8 Å². The fourth-order valence-corrected chi connectivity index (χ4v) is 4.57. The molecule has 3 heteroatoms. The molecule has 3 atom stereocenters. The average molecular weight is 286 g/mol. The van der Waals surface area contributed by atoms with E-state index >= 15 is 0 Å². The van der Waals surface area contributed by atoms with Crippen molar-refractivity contribution in [1.82, 2.24) is 5.32 Å². The molecule has 0 spiro atoms. The summed E-state index contributed by atoms with van der Waals surface area (Å²) in [7, 11) is 0. The molecule has 1 heterocycles. The predicted molar refractivity (Wildman–Crippen MR) is 81.5 cm³/mol. The van der Waals surface area contributed by atoms with E-state index in [0.29, 0.717) is 6.04 Å². The van der Waals surface area contributed by atoms with Gasteiger partial charge in [0.15, 0.2) is 0 Å². The lowest BCUT2D eigenvalue weighted by Crippen LogP contribution is -2.33. The number of hydrogen-bond donors (Lipinski definition) is 1. The Morgan fingerprint density at radius 3 is 2.72 bits per heavy atom. The monoisotopic (exact) mass is 285 g/mol. The normalized spacial score (nSPS) is 26.2. The van der Waals surface area contributed by atoms with E-state index in [2.05, 4.69) is 25.2 Å². The van der Waals surface area contributed by atoms with Crippen LogP contribution in [-0.4, -0.2) is 6.54 Å². The zero-order valence-corrected chi connectivity index (χ0v) is 13.0. The maximum Gasteiger partial charge on any atom is 0.0931 e. The van der Waals surface area contributed by atoms with Crippen molar-refractivity contribution in [2.75, 3.05) is 6.54 Å². The highest BCUT2D eigenvalue weighted by Gasteiger charge is 2.31. The Balaban J connectivity index is 2.17. The van der Waals surface area contributed by atoms with Crippen LogP contribution >= 0.6 is 22.9 Å². The van der Waals surface area contributed by atoms with Gasteiger partial charge in [0, 0.05) is 10.9 Å². The van der Waals surface area contributed by atoms with Crippen molar-refractivity contribution in [1.29, 1.82) is 0 Å². The first kappa shape index (κ1) is 14.4. The molecule has 0 aromatic carbocycles. The van der Waals surface area contributed by atoms with Gasteiger partial charge in [-0.3, -0.25) is 0 Å². The number of halogens is 1. The van der Waals surface area contributed by atoms with Crippen molar-refractivity contribution in [2.45, 2.75) is 52.0 Å². The third kappa shape index (κ3) is 3.28. The maximum absolute atomic E-state index is 6.10. The second kappa shape index (κ2) is 6.93. The Hall–Kier alpha value is -0.0500. The van der Waals surface area contributed by atoms with Gasteiger partial charge in [0.05, 0.1) is 4.34 Å². The SMILES string of the molecule is CCNC(c1ccc(Cl)s1)C1CCCCC1CC. The highest BCUT2D eigenvalue weighted by molar-refractivity contribution is 7.16. The molecule has 0 amide bonds. The molecule has 1 nitrogen and oxygen atoms in total. The molecule has 2 rings (SSSR count). The van der Waals surface area contributed by atoms with Gasteiger partial charge in [0.1, 0.15) is 0 Å². The van der Waals surface area contributed by atoms with Gasteiger partial charge in [-0.05, 0) is 36.9 Å².